The van der Waals surface area contributed by atoms with Crippen LogP contribution in [0.15, 0.2) is 30.7 Å². The molecule has 3 heterocycles. The molecule has 98 valence electrons. The lowest BCUT2D eigenvalue weighted by molar-refractivity contribution is 0.0833. The molecule has 3 rings (SSSR count). The van der Waals surface area contributed by atoms with Gasteiger partial charge in [0.25, 0.3) is 0 Å². The van der Waals surface area contributed by atoms with Gasteiger partial charge in [-0.25, -0.2) is 0 Å². The fourth-order valence-electron chi connectivity index (χ4n) is 1.83. The summed E-state index contributed by atoms with van der Waals surface area (Å²) in [6.45, 7) is 0. The summed E-state index contributed by atoms with van der Waals surface area (Å²) < 4.78 is 29.2. The number of rotatable bonds is 2. The molecule has 0 fully saturated rings. The van der Waals surface area contributed by atoms with E-state index < -0.39 is 11.2 Å². The molecule has 0 amide bonds. The SMILES string of the molecule is Cn1cc(-c2ccc3nnc(C(F)(F)Cl)n3c2)cn1. The van der Waals surface area contributed by atoms with E-state index in [1.165, 1.54) is 10.6 Å². The van der Waals surface area contributed by atoms with Crippen molar-refractivity contribution < 1.29 is 8.78 Å². The largest absolute Gasteiger partial charge is 0.382 e. The van der Waals surface area contributed by atoms with Crippen molar-refractivity contribution in [2.24, 2.45) is 7.05 Å². The van der Waals surface area contributed by atoms with E-state index in [9.17, 15) is 8.78 Å². The molecule has 3 aromatic rings. The number of pyridine rings is 1. The molecule has 3 aromatic heterocycles. The number of aryl methyl sites for hydroxylation is 1. The Morgan fingerprint density at radius 1 is 1.16 bits per heavy atom. The first-order valence-corrected chi connectivity index (χ1v) is 5.74. The van der Waals surface area contributed by atoms with Crippen molar-refractivity contribution in [2.75, 3.05) is 0 Å². The summed E-state index contributed by atoms with van der Waals surface area (Å²) in [4.78, 5) is 0. The number of aromatic nitrogens is 5. The van der Waals surface area contributed by atoms with E-state index in [0.717, 1.165) is 11.1 Å². The van der Waals surface area contributed by atoms with Crippen molar-refractivity contribution in [3.8, 4) is 11.1 Å². The molecule has 0 aliphatic carbocycles. The van der Waals surface area contributed by atoms with Crippen LogP contribution in [0, 0.1) is 0 Å². The molecule has 0 N–H and O–H groups in total. The zero-order valence-corrected chi connectivity index (χ0v) is 10.5. The molecule has 0 aliphatic heterocycles. The van der Waals surface area contributed by atoms with Crippen LogP contribution < -0.4 is 0 Å². The van der Waals surface area contributed by atoms with Crippen molar-refractivity contribution in [2.45, 2.75) is 5.38 Å². The summed E-state index contributed by atoms with van der Waals surface area (Å²) in [6, 6.07) is 3.36. The summed E-state index contributed by atoms with van der Waals surface area (Å²) >= 11 is 5.01. The third-order valence-electron chi connectivity index (χ3n) is 2.69. The fraction of sp³-hybridized carbons (Fsp3) is 0.182. The van der Waals surface area contributed by atoms with E-state index in [1.54, 1.807) is 36.3 Å². The van der Waals surface area contributed by atoms with E-state index in [0.29, 0.717) is 5.65 Å². The van der Waals surface area contributed by atoms with E-state index in [2.05, 4.69) is 15.3 Å². The van der Waals surface area contributed by atoms with Gasteiger partial charge in [0.1, 0.15) is 0 Å². The monoisotopic (exact) mass is 283 g/mol. The van der Waals surface area contributed by atoms with Gasteiger partial charge in [-0.05, 0) is 23.7 Å². The number of halogens is 3. The molecule has 19 heavy (non-hydrogen) atoms. The highest BCUT2D eigenvalue weighted by molar-refractivity contribution is 6.21. The van der Waals surface area contributed by atoms with Crippen molar-refractivity contribution in [3.05, 3.63) is 36.5 Å². The average molecular weight is 284 g/mol. The highest BCUT2D eigenvalue weighted by Crippen LogP contribution is 2.31. The maximum atomic E-state index is 13.2. The van der Waals surface area contributed by atoms with Crippen LogP contribution in [0.3, 0.4) is 0 Å². The molecule has 0 saturated carbocycles. The number of alkyl halides is 3. The fourth-order valence-corrected chi connectivity index (χ4v) is 1.95. The zero-order valence-electron chi connectivity index (χ0n) is 9.76. The second-order valence-corrected chi connectivity index (χ2v) is 4.54. The molecule has 0 bridgehead atoms. The third-order valence-corrected chi connectivity index (χ3v) is 2.86. The third kappa shape index (κ3) is 2.06. The van der Waals surface area contributed by atoms with E-state index in [1.807, 2.05) is 0 Å². The van der Waals surface area contributed by atoms with Crippen LogP contribution in [-0.2, 0) is 12.4 Å². The molecular formula is C11H8ClF2N5. The average Bonchev–Trinajstić information content (AvgIpc) is 2.92. The van der Waals surface area contributed by atoms with E-state index >= 15 is 0 Å². The van der Waals surface area contributed by atoms with Crippen LogP contribution in [0.4, 0.5) is 8.78 Å². The van der Waals surface area contributed by atoms with Gasteiger partial charge in [0.2, 0.25) is 5.82 Å². The minimum atomic E-state index is -3.56. The van der Waals surface area contributed by atoms with Gasteiger partial charge in [-0.3, -0.25) is 9.08 Å². The molecule has 0 atom stereocenters. The first-order valence-electron chi connectivity index (χ1n) is 5.36. The van der Waals surface area contributed by atoms with Gasteiger partial charge >= 0.3 is 5.38 Å². The number of fused-ring (bicyclic) bond motifs is 1. The minimum absolute atomic E-state index is 0.308. The molecule has 0 unspecified atom stereocenters. The Labute approximate surface area is 111 Å². The Bertz CT molecular complexity index is 743. The predicted octanol–water partition coefficient (Wildman–Crippen LogP) is 2.42. The normalized spacial score (nSPS) is 12.2. The van der Waals surface area contributed by atoms with Crippen LogP contribution in [0.2, 0.25) is 0 Å². The number of nitrogens with zero attached hydrogens (tertiary/aromatic N) is 5. The highest BCUT2D eigenvalue weighted by atomic mass is 35.5. The summed E-state index contributed by atoms with van der Waals surface area (Å²) in [5, 5.41) is 7.54. The Morgan fingerprint density at radius 3 is 2.58 bits per heavy atom. The highest BCUT2D eigenvalue weighted by Gasteiger charge is 2.34. The van der Waals surface area contributed by atoms with Gasteiger partial charge in [0.15, 0.2) is 5.65 Å². The first-order chi connectivity index (χ1) is 8.95. The molecule has 0 saturated heterocycles. The standard InChI is InChI=1S/C11H8ClF2N5/c1-18-5-8(4-15-18)7-2-3-9-16-17-10(11(12,13)14)19(9)6-7/h2-6H,1H3. The molecule has 8 heteroatoms. The quantitative estimate of drug-likeness (QED) is 0.679. The smallest absolute Gasteiger partial charge is 0.280 e. The Morgan fingerprint density at radius 2 is 1.95 bits per heavy atom. The van der Waals surface area contributed by atoms with Crippen molar-refractivity contribution >= 4 is 17.2 Å². The number of hydrogen-bond acceptors (Lipinski definition) is 3. The van der Waals surface area contributed by atoms with Gasteiger partial charge in [-0.2, -0.15) is 13.9 Å². The molecule has 0 aliphatic rings. The van der Waals surface area contributed by atoms with Crippen LogP contribution in [-0.4, -0.2) is 24.4 Å². The second-order valence-electron chi connectivity index (χ2n) is 4.07. The lowest BCUT2D eigenvalue weighted by Gasteiger charge is -2.06. The van der Waals surface area contributed by atoms with Crippen LogP contribution in [0.1, 0.15) is 5.82 Å². The minimum Gasteiger partial charge on any atom is -0.280 e. The predicted molar refractivity (Wildman–Crippen MR) is 64.9 cm³/mol. The second kappa shape index (κ2) is 3.99. The van der Waals surface area contributed by atoms with Gasteiger partial charge in [0, 0.05) is 30.6 Å². The van der Waals surface area contributed by atoms with Crippen molar-refractivity contribution in [3.63, 3.8) is 0 Å². The summed E-state index contributed by atoms with van der Waals surface area (Å²) in [6.07, 6.45) is 4.94. The Balaban J connectivity index is 2.19. The molecular weight excluding hydrogens is 276 g/mol. The topological polar surface area (TPSA) is 48.0 Å². The van der Waals surface area contributed by atoms with Gasteiger partial charge in [0.05, 0.1) is 6.20 Å². The summed E-state index contributed by atoms with van der Waals surface area (Å²) in [5.41, 5.74) is 1.84. The Kier molecular flexibility index (Phi) is 2.53. The molecule has 0 radical (unpaired) electrons. The zero-order chi connectivity index (χ0) is 13.6. The van der Waals surface area contributed by atoms with Crippen molar-refractivity contribution in [1.82, 2.24) is 24.4 Å². The van der Waals surface area contributed by atoms with Gasteiger partial charge in [-0.1, -0.05) is 0 Å². The molecule has 5 nitrogen and oxygen atoms in total. The maximum Gasteiger partial charge on any atom is 0.382 e. The summed E-state index contributed by atoms with van der Waals surface area (Å²) in [7, 11) is 1.78. The van der Waals surface area contributed by atoms with E-state index in [4.69, 9.17) is 11.6 Å². The van der Waals surface area contributed by atoms with Crippen LogP contribution in [0.5, 0.6) is 0 Å². The molecule has 0 aromatic carbocycles. The first kappa shape index (κ1) is 12.0. The van der Waals surface area contributed by atoms with E-state index in [-0.39, 0.29) is 0 Å². The Hall–Kier alpha value is -2.02. The van der Waals surface area contributed by atoms with Crippen LogP contribution >= 0.6 is 11.6 Å². The van der Waals surface area contributed by atoms with Crippen LogP contribution in [0.25, 0.3) is 16.8 Å². The number of hydrogen-bond donors (Lipinski definition) is 0. The van der Waals surface area contributed by atoms with Crippen molar-refractivity contribution in [1.29, 1.82) is 0 Å². The van der Waals surface area contributed by atoms with Gasteiger partial charge in [-0.15, -0.1) is 10.2 Å². The maximum absolute atomic E-state index is 13.2. The van der Waals surface area contributed by atoms with Gasteiger partial charge < -0.3 is 0 Å². The molecule has 0 spiro atoms. The lowest BCUT2D eigenvalue weighted by Crippen LogP contribution is -2.09. The summed E-state index contributed by atoms with van der Waals surface area (Å²) in [5.74, 6) is -0.602. The lowest BCUT2D eigenvalue weighted by atomic mass is 10.2.